The second kappa shape index (κ2) is 9.72. The molecule has 0 spiro atoms. The molecule has 192 valence electrons. The average Bonchev–Trinajstić information content (AvgIpc) is 3.41. The number of fused-ring (bicyclic) bond motifs is 1. The van der Waals surface area contributed by atoms with Crippen molar-refractivity contribution >= 4 is 40.0 Å². The number of esters is 1. The number of anilines is 4. The summed E-state index contributed by atoms with van der Waals surface area (Å²) in [7, 11) is 3.27. The second-order valence-electron chi connectivity index (χ2n) is 9.79. The van der Waals surface area contributed by atoms with Gasteiger partial charge < -0.3 is 24.8 Å². The van der Waals surface area contributed by atoms with Gasteiger partial charge in [-0.05, 0) is 56.5 Å². The van der Waals surface area contributed by atoms with Gasteiger partial charge in [-0.25, -0.2) is 9.78 Å². The van der Waals surface area contributed by atoms with Crippen molar-refractivity contribution in [2.75, 3.05) is 22.6 Å². The minimum Gasteiger partial charge on any atom is -0.467 e. The number of aromatic nitrogens is 2. The number of nitrogens with zero attached hydrogens (tertiary/aromatic N) is 3. The van der Waals surface area contributed by atoms with Crippen LogP contribution in [0.5, 0.6) is 0 Å². The molecular weight excluding hydrogens is 470 g/mol. The van der Waals surface area contributed by atoms with Crippen LogP contribution in [0.15, 0.2) is 58.1 Å². The summed E-state index contributed by atoms with van der Waals surface area (Å²) in [5, 5.41) is 6.37. The zero-order valence-electron chi connectivity index (χ0n) is 21.4. The summed E-state index contributed by atoms with van der Waals surface area (Å²) >= 11 is 0. The number of hydrogen-bond donors (Lipinski definition) is 2. The molecule has 37 heavy (non-hydrogen) atoms. The number of aryl methyl sites for hydroxylation is 1. The van der Waals surface area contributed by atoms with Crippen molar-refractivity contribution in [2.24, 2.45) is 7.05 Å². The molecule has 2 unspecified atom stereocenters. The average molecular weight is 502 g/mol. The number of nitrogens with one attached hydrogen (secondary N) is 2. The molecule has 0 aliphatic carbocycles. The summed E-state index contributed by atoms with van der Waals surface area (Å²) in [4.78, 5) is 44.2. The normalized spacial score (nSPS) is 18.3. The van der Waals surface area contributed by atoms with Crippen molar-refractivity contribution in [1.82, 2.24) is 9.55 Å². The zero-order valence-corrected chi connectivity index (χ0v) is 21.4. The predicted octanol–water partition coefficient (Wildman–Crippen LogP) is 3.49. The molecule has 1 aromatic heterocycles. The Balaban J connectivity index is 1.33. The molecule has 1 fully saturated rings. The zero-order chi connectivity index (χ0) is 26.3. The molecule has 3 aromatic carbocycles. The number of imidazole rings is 1. The maximum atomic E-state index is 12.6. The lowest BCUT2D eigenvalue weighted by Crippen LogP contribution is -2.48. The van der Waals surface area contributed by atoms with Gasteiger partial charge in [0.1, 0.15) is 17.4 Å². The minimum absolute atomic E-state index is 0.159. The van der Waals surface area contributed by atoms with Crippen LogP contribution in [0.2, 0.25) is 0 Å². The SMILES string of the molecule is COC(=O)[C@H](Cc1ccc(Nc2nc3ccccc3n2C)cc1)Nc1c(N2C(C)CCC2C)c(=O)c1=O. The first kappa shape index (κ1) is 24.5. The van der Waals surface area contributed by atoms with E-state index in [2.05, 4.69) is 15.6 Å². The summed E-state index contributed by atoms with van der Waals surface area (Å²) in [5.41, 5.74) is 3.18. The van der Waals surface area contributed by atoms with Crippen molar-refractivity contribution in [1.29, 1.82) is 0 Å². The molecule has 5 rings (SSSR count). The van der Waals surface area contributed by atoms with Crippen LogP contribution >= 0.6 is 0 Å². The van der Waals surface area contributed by atoms with Crippen LogP contribution in [0.25, 0.3) is 11.0 Å². The fourth-order valence-corrected chi connectivity index (χ4v) is 5.25. The van der Waals surface area contributed by atoms with Crippen LogP contribution < -0.4 is 26.4 Å². The summed E-state index contributed by atoms with van der Waals surface area (Å²) in [6.45, 7) is 4.09. The number of para-hydroxylation sites is 2. The molecule has 0 radical (unpaired) electrons. The topological polar surface area (TPSA) is 106 Å². The van der Waals surface area contributed by atoms with Gasteiger partial charge in [-0.3, -0.25) is 9.59 Å². The lowest BCUT2D eigenvalue weighted by atomic mass is 10.0. The first-order valence-electron chi connectivity index (χ1n) is 12.5. The number of benzene rings is 2. The number of carbonyl (C=O) groups is 1. The van der Waals surface area contributed by atoms with Gasteiger partial charge in [0, 0.05) is 31.2 Å². The van der Waals surface area contributed by atoms with E-state index in [1.807, 2.05) is 78.9 Å². The third kappa shape index (κ3) is 4.45. The standard InChI is InChI=1S/C28H31N5O4/c1-16-9-10-17(2)33(16)24-23(25(34)26(24)35)30-21(27(36)37-4)15-18-11-13-19(14-12-18)29-28-31-20-7-5-6-8-22(20)32(28)3/h5-8,11-14,16-17,21,30H,9-10,15H2,1-4H3,(H,29,31)/t16?,17?,21-/m0/s1. The number of methoxy groups -OCH3 is 1. The summed E-state index contributed by atoms with van der Waals surface area (Å²) in [6, 6.07) is 15.1. The summed E-state index contributed by atoms with van der Waals surface area (Å²) < 4.78 is 7.00. The Morgan fingerprint density at radius 2 is 1.73 bits per heavy atom. The molecule has 1 aliphatic rings. The highest BCUT2D eigenvalue weighted by molar-refractivity contribution is 5.84. The lowest BCUT2D eigenvalue weighted by Gasteiger charge is -2.32. The highest BCUT2D eigenvalue weighted by atomic mass is 16.5. The van der Waals surface area contributed by atoms with Crippen molar-refractivity contribution in [3.05, 3.63) is 74.5 Å². The fraction of sp³-hybridized carbons (Fsp3) is 0.357. The summed E-state index contributed by atoms with van der Waals surface area (Å²) in [5.74, 6) is 0.226. The van der Waals surface area contributed by atoms with Gasteiger partial charge in [-0.2, -0.15) is 0 Å². The van der Waals surface area contributed by atoms with Gasteiger partial charge in [-0.1, -0.05) is 24.3 Å². The van der Waals surface area contributed by atoms with Crippen molar-refractivity contribution < 1.29 is 9.53 Å². The van der Waals surface area contributed by atoms with E-state index in [1.54, 1.807) is 0 Å². The first-order valence-corrected chi connectivity index (χ1v) is 12.5. The van der Waals surface area contributed by atoms with Crippen LogP contribution in [-0.4, -0.2) is 40.8 Å². The van der Waals surface area contributed by atoms with Gasteiger partial charge in [0.05, 0.1) is 18.1 Å². The fourth-order valence-electron chi connectivity index (χ4n) is 5.25. The van der Waals surface area contributed by atoms with Crippen LogP contribution in [0.1, 0.15) is 32.3 Å². The van der Waals surface area contributed by atoms with E-state index in [9.17, 15) is 14.4 Å². The van der Waals surface area contributed by atoms with Crippen LogP contribution in [-0.2, 0) is 23.0 Å². The molecule has 0 bridgehead atoms. The highest BCUT2D eigenvalue weighted by Gasteiger charge is 2.36. The van der Waals surface area contributed by atoms with Gasteiger partial charge in [-0.15, -0.1) is 0 Å². The predicted molar refractivity (Wildman–Crippen MR) is 146 cm³/mol. The van der Waals surface area contributed by atoms with E-state index in [0.717, 1.165) is 41.1 Å². The Bertz CT molecular complexity index is 1510. The van der Waals surface area contributed by atoms with E-state index in [4.69, 9.17) is 4.74 Å². The van der Waals surface area contributed by atoms with E-state index in [-0.39, 0.29) is 17.8 Å². The number of carbonyl (C=O) groups excluding carboxylic acids is 1. The molecule has 9 heteroatoms. The second-order valence-corrected chi connectivity index (χ2v) is 9.79. The highest BCUT2D eigenvalue weighted by Crippen LogP contribution is 2.33. The van der Waals surface area contributed by atoms with Gasteiger partial charge in [0.15, 0.2) is 0 Å². The molecule has 0 amide bonds. The molecule has 9 nitrogen and oxygen atoms in total. The van der Waals surface area contributed by atoms with E-state index in [0.29, 0.717) is 12.1 Å². The minimum atomic E-state index is -0.807. The Hall–Kier alpha value is -4.14. The Morgan fingerprint density at radius 1 is 1.05 bits per heavy atom. The lowest BCUT2D eigenvalue weighted by molar-refractivity contribution is -0.141. The van der Waals surface area contributed by atoms with Crippen LogP contribution in [0.3, 0.4) is 0 Å². The molecular formula is C28H31N5O4. The number of hydrogen-bond acceptors (Lipinski definition) is 8. The summed E-state index contributed by atoms with van der Waals surface area (Å²) in [6.07, 6.45) is 2.20. The number of rotatable bonds is 8. The Morgan fingerprint density at radius 3 is 2.38 bits per heavy atom. The first-order chi connectivity index (χ1) is 17.8. The third-order valence-corrected chi connectivity index (χ3v) is 7.34. The van der Waals surface area contributed by atoms with Crippen LogP contribution in [0, 0.1) is 0 Å². The largest absolute Gasteiger partial charge is 0.467 e. The third-order valence-electron chi connectivity index (χ3n) is 7.34. The monoisotopic (exact) mass is 501 g/mol. The maximum Gasteiger partial charge on any atom is 0.328 e. The molecule has 0 saturated carbocycles. The van der Waals surface area contributed by atoms with Crippen molar-refractivity contribution in [3.63, 3.8) is 0 Å². The Labute approximate surface area is 214 Å². The van der Waals surface area contributed by atoms with Crippen LogP contribution in [0.4, 0.5) is 23.0 Å². The van der Waals surface area contributed by atoms with Gasteiger partial charge >= 0.3 is 5.97 Å². The quantitative estimate of drug-likeness (QED) is 0.279. The van der Waals surface area contributed by atoms with Crippen molar-refractivity contribution in [2.45, 2.75) is 51.2 Å². The molecule has 2 N–H and O–H groups in total. The number of ether oxygens (including phenoxy) is 1. The smallest absolute Gasteiger partial charge is 0.328 e. The Kier molecular flexibility index (Phi) is 6.45. The molecule has 4 aromatic rings. The van der Waals surface area contributed by atoms with E-state index < -0.39 is 22.9 Å². The molecule has 1 aliphatic heterocycles. The molecule has 2 heterocycles. The van der Waals surface area contributed by atoms with E-state index >= 15 is 0 Å². The molecule has 3 atom stereocenters. The maximum absolute atomic E-state index is 12.6. The molecule has 1 saturated heterocycles. The van der Waals surface area contributed by atoms with Crippen molar-refractivity contribution in [3.8, 4) is 0 Å². The van der Waals surface area contributed by atoms with Gasteiger partial charge in [0.25, 0.3) is 10.9 Å². The van der Waals surface area contributed by atoms with Gasteiger partial charge in [0.2, 0.25) is 5.95 Å². The van der Waals surface area contributed by atoms with E-state index in [1.165, 1.54) is 7.11 Å².